The Morgan fingerprint density at radius 2 is 1.72 bits per heavy atom. The summed E-state index contributed by atoms with van der Waals surface area (Å²) in [4.78, 5) is 16.5. The van der Waals surface area contributed by atoms with Gasteiger partial charge in [-0.2, -0.15) is 0 Å². The fraction of sp³-hybridized carbons (Fsp3) is 0.321. The molecular formula is C28H28N2O2. The zero-order valence-corrected chi connectivity index (χ0v) is 18.5. The molecule has 2 aliphatic heterocycles. The van der Waals surface area contributed by atoms with E-state index in [1.165, 1.54) is 11.1 Å². The number of carbonyl (C=O) groups excluding carboxylic acids is 1. The van der Waals surface area contributed by atoms with Crippen molar-refractivity contribution in [3.8, 4) is 0 Å². The lowest BCUT2D eigenvalue weighted by atomic mass is 9.94. The number of carbonyl (C=O) groups is 1. The van der Waals surface area contributed by atoms with Crippen molar-refractivity contribution in [2.75, 3.05) is 32.8 Å². The summed E-state index contributed by atoms with van der Waals surface area (Å²) in [6.45, 7) is 6.76. The first-order valence-electron chi connectivity index (χ1n) is 11.7. The number of para-hydroxylation sites is 1. The molecule has 0 radical (unpaired) electrons. The number of aromatic nitrogens is 1. The monoisotopic (exact) mass is 424 g/mol. The molecule has 3 aromatic carbocycles. The fourth-order valence-corrected chi connectivity index (χ4v) is 5.77. The molecule has 1 saturated heterocycles. The fourth-order valence-electron chi connectivity index (χ4n) is 5.77. The number of hydrogen-bond acceptors (Lipinski definition) is 3. The van der Waals surface area contributed by atoms with Gasteiger partial charge in [0.05, 0.1) is 24.3 Å². The molecule has 3 heterocycles. The molecule has 0 spiro atoms. The molecule has 32 heavy (non-hydrogen) atoms. The quantitative estimate of drug-likeness (QED) is 0.425. The van der Waals surface area contributed by atoms with Crippen LogP contribution < -0.4 is 0 Å². The number of hydrogen-bond donors (Lipinski definition) is 0. The van der Waals surface area contributed by atoms with Crippen LogP contribution in [0.2, 0.25) is 0 Å². The second-order valence-electron chi connectivity index (χ2n) is 9.11. The Kier molecular flexibility index (Phi) is 4.85. The standard InChI is InChI=1S/C28H28N2O2/c1-19-26(28(31)24-10-4-7-20-6-2-3-9-23(20)24)25-11-5-8-21-12-13-22(30(19)27(21)25)18-29-14-16-32-17-15-29/h2-11,22H,12-18H2,1H3. The summed E-state index contributed by atoms with van der Waals surface area (Å²) >= 11 is 0. The maximum absolute atomic E-state index is 14.0. The topological polar surface area (TPSA) is 34.5 Å². The highest BCUT2D eigenvalue weighted by Crippen LogP contribution is 2.39. The molecule has 0 amide bonds. The van der Waals surface area contributed by atoms with E-state index in [1.54, 1.807) is 0 Å². The van der Waals surface area contributed by atoms with E-state index in [1.807, 2.05) is 24.3 Å². The molecule has 0 N–H and O–H groups in total. The van der Waals surface area contributed by atoms with Gasteiger partial charge in [-0.1, -0.05) is 60.7 Å². The van der Waals surface area contributed by atoms with E-state index in [0.717, 1.165) is 78.7 Å². The third-order valence-corrected chi connectivity index (χ3v) is 7.30. The van der Waals surface area contributed by atoms with E-state index in [0.29, 0.717) is 6.04 Å². The summed E-state index contributed by atoms with van der Waals surface area (Å²) in [7, 11) is 0. The highest BCUT2D eigenvalue weighted by Gasteiger charge is 2.30. The number of fused-ring (bicyclic) bond motifs is 1. The van der Waals surface area contributed by atoms with E-state index >= 15 is 0 Å². The van der Waals surface area contributed by atoms with Crippen molar-refractivity contribution in [1.82, 2.24) is 9.47 Å². The Balaban J connectivity index is 1.50. The molecule has 1 atom stereocenters. The summed E-state index contributed by atoms with van der Waals surface area (Å²) in [6, 6.07) is 21.1. The van der Waals surface area contributed by atoms with Gasteiger partial charge in [0.2, 0.25) is 0 Å². The first-order chi connectivity index (χ1) is 15.7. The number of aryl methyl sites for hydroxylation is 1. The molecule has 4 nitrogen and oxygen atoms in total. The van der Waals surface area contributed by atoms with Crippen molar-refractivity contribution in [3.05, 3.63) is 83.0 Å². The number of nitrogens with zero attached hydrogens (tertiary/aromatic N) is 2. The number of benzene rings is 3. The van der Waals surface area contributed by atoms with E-state index in [2.05, 4.69) is 52.8 Å². The van der Waals surface area contributed by atoms with Gasteiger partial charge < -0.3 is 9.30 Å². The zero-order chi connectivity index (χ0) is 21.7. The Morgan fingerprint density at radius 1 is 0.969 bits per heavy atom. The maximum Gasteiger partial charge on any atom is 0.196 e. The predicted octanol–water partition coefficient (Wildman–Crippen LogP) is 5.15. The van der Waals surface area contributed by atoms with Gasteiger partial charge in [-0.25, -0.2) is 0 Å². The Morgan fingerprint density at radius 3 is 2.59 bits per heavy atom. The first kappa shape index (κ1) is 19.7. The molecule has 1 aromatic heterocycles. The number of morpholine rings is 1. The third-order valence-electron chi connectivity index (χ3n) is 7.30. The van der Waals surface area contributed by atoms with Crippen molar-refractivity contribution >= 4 is 27.5 Å². The van der Waals surface area contributed by atoms with Crippen LogP contribution in [0.1, 0.15) is 39.6 Å². The SMILES string of the molecule is Cc1c(C(=O)c2cccc3ccccc23)c2cccc3c2n1C(CN1CCOCC1)CC3. The molecule has 4 aromatic rings. The van der Waals surface area contributed by atoms with Crippen LogP contribution in [0, 0.1) is 6.92 Å². The van der Waals surface area contributed by atoms with Crippen LogP contribution in [0.4, 0.5) is 0 Å². The van der Waals surface area contributed by atoms with Crippen LogP contribution in [-0.2, 0) is 11.2 Å². The van der Waals surface area contributed by atoms with Gasteiger partial charge in [0.1, 0.15) is 0 Å². The normalized spacial score (nSPS) is 19.0. The van der Waals surface area contributed by atoms with Crippen LogP contribution in [0.25, 0.3) is 21.7 Å². The predicted molar refractivity (Wildman–Crippen MR) is 129 cm³/mol. The summed E-state index contributed by atoms with van der Waals surface area (Å²) in [6.07, 6.45) is 2.18. The van der Waals surface area contributed by atoms with Gasteiger partial charge in [-0.15, -0.1) is 0 Å². The molecule has 4 heteroatoms. The lowest BCUT2D eigenvalue weighted by molar-refractivity contribution is 0.0308. The lowest BCUT2D eigenvalue weighted by Gasteiger charge is -2.34. The minimum Gasteiger partial charge on any atom is -0.379 e. The van der Waals surface area contributed by atoms with Crippen LogP contribution in [0.15, 0.2) is 60.7 Å². The molecule has 0 bridgehead atoms. The molecule has 2 aliphatic rings. The van der Waals surface area contributed by atoms with Gasteiger partial charge in [-0.3, -0.25) is 9.69 Å². The molecule has 0 aliphatic carbocycles. The van der Waals surface area contributed by atoms with Gasteiger partial charge in [-0.05, 0) is 36.1 Å². The van der Waals surface area contributed by atoms with Gasteiger partial charge in [0.25, 0.3) is 0 Å². The van der Waals surface area contributed by atoms with Crippen molar-refractivity contribution in [2.45, 2.75) is 25.8 Å². The Hall–Kier alpha value is -2.95. The van der Waals surface area contributed by atoms with Crippen molar-refractivity contribution < 1.29 is 9.53 Å². The minimum atomic E-state index is 0.132. The lowest BCUT2D eigenvalue weighted by Crippen LogP contribution is -2.40. The van der Waals surface area contributed by atoms with Crippen LogP contribution in [-0.4, -0.2) is 48.1 Å². The van der Waals surface area contributed by atoms with Gasteiger partial charge in [0, 0.05) is 42.3 Å². The van der Waals surface area contributed by atoms with Crippen molar-refractivity contribution in [3.63, 3.8) is 0 Å². The molecule has 0 saturated carbocycles. The van der Waals surface area contributed by atoms with Crippen LogP contribution in [0.5, 0.6) is 0 Å². The van der Waals surface area contributed by atoms with Crippen LogP contribution in [0.3, 0.4) is 0 Å². The van der Waals surface area contributed by atoms with Gasteiger partial charge in [0.15, 0.2) is 5.78 Å². The van der Waals surface area contributed by atoms with E-state index in [4.69, 9.17) is 4.74 Å². The highest BCUT2D eigenvalue weighted by molar-refractivity contribution is 6.22. The number of ketones is 1. The van der Waals surface area contributed by atoms with E-state index in [9.17, 15) is 4.79 Å². The minimum absolute atomic E-state index is 0.132. The van der Waals surface area contributed by atoms with E-state index < -0.39 is 0 Å². The Bertz CT molecular complexity index is 1330. The second-order valence-corrected chi connectivity index (χ2v) is 9.11. The summed E-state index contributed by atoms with van der Waals surface area (Å²) < 4.78 is 8.03. The number of rotatable bonds is 4. The average Bonchev–Trinajstić information content (AvgIpc) is 3.14. The smallest absolute Gasteiger partial charge is 0.196 e. The number of ether oxygens (including phenoxy) is 1. The molecule has 1 fully saturated rings. The maximum atomic E-state index is 14.0. The zero-order valence-electron chi connectivity index (χ0n) is 18.5. The van der Waals surface area contributed by atoms with Crippen molar-refractivity contribution in [1.29, 1.82) is 0 Å². The van der Waals surface area contributed by atoms with Crippen LogP contribution >= 0.6 is 0 Å². The van der Waals surface area contributed by atoms with Gasteiger partial charge >= 0.3 is 0 Å². The summed E-state index contributed by atoms with van der Waals surface area (Å²) in [5, 5.41) is 3.23. The highest BCUT2D eigenvalue weighted by atomic mass is 16.5. The molecule has 1 unspecified atom stereocenters. The van der Waals surface area contributed by atoms with Crippen molar-refractivity contribution in [2.24, 2.45) is 0 Å². The second kappa shape index (κ2) is 7.88. The average molecular weight is 425 g/mol. The molecular weight excluding hydrogens is 396 g/mol. The van der Waals surface area contributed by atoms with E-state index in [-0.39, 0.29) is 5.78 Å². The molecule has 162 valence electrons. The third kappa shape index (κ3) is 3.09. The first-order valence-corrected chi connectivity index (χ1v) is 11.7. The molecule has 6 rings (SSSR count). The summed E-state index contributed by atoms with van der Waals surface area (Å²) in [5.41, 5.74) is 5.38. The Labute approximate surface area is 188 Å². The largest absolute Gasteiger partial charge is 0.379 e. The summed E-state index contributed by atoms with van der Waals surface area (Å²) in [5.74, 6) is 0.132.